The summed E-state index contributed by atoms with van der Waals surface area (Å²) in [6.07, 6.45) is 1.84. The molecule has 4 amide bonds. The summed E-state index contributed by atoms with van der Waals surface area (Å²) in [5, 5.41) is 2.31. The summed E-state index contributed by atoms with van der Waals surface area (Å²) in [6, 6.07) is -0.689. The maximum absolute atomic E-state index is 12.3. The van der Waals surface area contributed by atoms with E-state index in [9.17, 15) is 14.4 Å². The van der Waals surface area contributed by atoms with Gasteiger partial charge in [0.1, 0.15) is 5.41 Å². The van der Waals surface area contributed by atoms with E-state index < -0.39 is 17.4 Å². The zero-order valence-corrected chi connectivity index (χ0v) is 10.4. The average molecular weight is 238 g/mol. The van der Waals surface area contributed by atoms with Gasteiger partial charge in [0, 0.05) is 6.04 Å². The quantitative estimate of drug-likeness (QED) is 0.753. The molecular weight excluding hydrogens is 220 g/mol. The van der Waals surface area contributed by atoms with Gasteiger partial charge in [-0.3, -0.25) is 19.8 Å². The molecule has 2 rings (SSSR count). The highest BCUT2D eigenvalue weighted by molar-refractivity contribution is 6.21. The van der Waals surface area contributed by atoms with Gasteiger partial charge in [0.2, 0.25) is 11.8 Å². The molecule has 1 saturated heterocycles. The standard InChI is InChI=1S/C12H18N2O3/c1-4-8(7(2)3)14-10(16)12(5-6-12)9(15)13-11(14)17/h7-8H,4-6H2,1-3H3,(H,13,15,17). The van der Waals surface area contributed by atoms with Gasteiger partial charge >= 0.3 is 6.03 Å². The number of hydrogen-bond acceptors (Lipinski definition) is 3. The minimum atomic E-state index is -0.920. The minimum absolute atomic E-state index is 0.131. The Hall–Kier alpha value is -1.39. The van der Waals surface area contributed by atoms with E-state index in [1.54, 1.807) is 0 Å². The van der Waals surface area contributed by atoms with Crippen molar-refractivity contribution in [3.05, 3.63) is 0 Å². The third-order valence-electron chi connectivity index (χ3n) is 3.77. The molecule has 1 unspecified atom stereocenters. The first-order valence-corrected chi connectivity index (χ1v) is 6.13. The summed E-state index contributed by atoms with van der Waals surface area (Å²) in [7, 11) is 0. The van der Waals surface area contributed by atoms with Crippen LogP contribution in [-0.4, -0.2) is 28.8 Å². The summed E-state index contributed by atoms with van der Waals surface area (Å²) in [5.74, 6) is -0.520. The Kier molecular flexibility index (Phi) is 2.72. The van der Waals surface area contributed by atoms with Crippen molar-refractivity contribution in [2.24, 2.45) is 11.3 Å². The van der Waals surface area contributed by atoms with Crippen LogP contribution in [-0.2, 0) is 9.59 Å². The molecule has 0 radical (unpaired) electrons. The second kappa shape index (κ2) is 3.82. The summed E-state index contributed by atoms with van der Waals surface area (Å²) < 4.78 is 0. The Labute approximate surface area is 101 Å². The summed E-state index contributed by atoms with van der Waals surface area (Å²) >= 11 is 0. The topological polar surface area (TPSA) is 66.5 Å². The van der Waals surface area contributed by atoms with Crippen molar-refractivity contribution in [2.45, 2.75) is 46.1 Å². The van der Waals surface area contributed by atoms with Crippen molar-refractivity contribution in [3.63, 3.8) is 0 Å². The highest BCUT2D eigenvalue weighted by Gasteiger charge is 2.63. The normalized spacial score (nSPS) is 24.2. The maximum Gasteiger partial charge on any atom is 0.331 e. The van der Waals surface area contributed by atoms with Crippen LogP contribution in [0.1, 0.15) is 40.0 Å². The molecule has 1 heterocycles. The molecule has 1 aliphatic heterocycles. The number of nitrogens with one attached hydrogen (secondary N) is 1. The van der Waals surface area contributed by atoms with Crippen LogP contribution in [0.4, 0.5) is 4.79 Å². The Balaban J connectivity index is 2.30. The van der Waals surface area contributed by atoms with Gasteiger partial charge in [-0.2, -0.15) is 0 Å². The van der Waals surface area contributed by atoms with Crippen LogP contribution in [0.3, 0.4) is 0 Å². The minimum Gasteiger partial charge on any atom is -0.277 e. The van der Waals surface area contributed by atoms with E-state index in [4.69, 9.17) is 0 Å². The number of barbiturate groups is 1. The van der Waals surface area contributed by atoms with Crippen molar-refractivity contribution in [1.82, 2.24) is 10.2 Å². The van der Waals surface area contributed by atoms with Crippen molar-refractivity contribution < 1.29 is 14.4 Å². The Morgan fingerprint density at radius 2 is 1.88 bits per heavy atom. The number of amides is 4. The maximum atomic E-state index is 12.3. The van der Waals surface area contributed by atoms with E-state index in [1.165, 1.54) is 4.90 Å². The molecule has 1 saturated carbocycles. The molecule has 5 nitrogen and oxygen atoms in total. The number of nitrogens with zero attached hydrogens (tertiary/aromatic N) is 1. The Morgan fingerprint density at radius 3 is 2.29 bits per heavy atom. The van der Waals surface area contributed by atoms with E-state index >= 15 is 0 Å². The molecule has 17 heavy (non-hydrogen) atoms. The van der Waals surface area contributed by atoms with Gasteiger partial charge in [-0.15, -0.1) is 0 Å². The predicted octanol–water partition coefficient (Wildman–Crippen LogP) is 1.28. The van der Waals surface area contributed by atoms with Gasteiger partial charge in [-0.05, 0) is 25.2 Å². The second-order valence-electron chi connectivity index (χ2n) is 5.24. The van der Waals surface area contributed by atoms with Gasteiger partial charge in [-0.25, -0.2) is 4.79 Å². The Morgan fingerprint density at radius 1 is 1.29 bits per heavy atom. The van der Waals surface area contributed by atoms with Crippen molar-refractivity contribution >= 4 is 17.8 Å². The van der Waals surface area contributed by atoms with Gasteiger partial charge in [0.05, 0.1) is 0 Å². The van der Waals surface area contributed by atoms with Gasteiger partial charge in [-0.1, -0.05) is 20.8 Å². The molecule has 1 atom stereocenters. The van der Waals surface area contributed by atoms with Gasteiger partial charge in [0.15, 0.2) is 0 Å². The number of rotatable bonds is 3. The molecule has 0 bridgehead atoms. The number of carbonyl (C=O) groups is 3. The fourth-order valence-corrected chi connectivity index (χ4v) is 2.52. The van der Waals surface area contributed by atoms with Crippen LogP contribution in [0.5, 0.6) is 0 Å². The Bertz CT molecular complexity index is 385. The SMILES string of the molecule is CCC(C(C)C)N1C(=O)NC(=O)C2(CC2)C1=O. The zero-order chi connectivity index (χ0) is 12.8. The van der Waals surface area contributed by atoms with Crippen LogP contribution in [0.2, 0.25) is 0 Å². The monoisotopic (exact) mass is 238 g/mol. The van der Waals surface area contributed by atoms with E-state index in [0.717, 1.165) is 0 Å². The van der Waals surface area contributed by atoms with Crippen LogP contribution in [0, 0.1) is 11.3 Å². The highest BCUT2D eigenvalue weighted by Crippen LogP contribution is 2.49. The largest absolute Gasteiger partial charge is 0.331 e. The molecule has 1 N–H and O–H groups in total. The molecule has 94 valence electrons. The summed E-state index contributed by atoms with van der Waals surface area (Å²) in [4.78, 5) is 37.0. The molecule has 1 spiro atoms. The first kappa shape index (κ1) is 12.1. The lowest BCUT2D eigenvalue weighted by Gasteiger charge is -2.37. The molecule has 2 fully saturated rings. The molecule has 1 aliphatic carbocycles. The third-order valence-corrected chi connectivity index (χ3v) is 3.77. The van der Waals surface area contributed by atoms with E-state index in [1.807, 2.05) is 20.8 Å². The van der Waals surface area contributed by atoms with Crippen LogP contribution in [0.15, 0.2) is 0 Å². The van der Waals surface area contributed by atoms with Crippen molar-refractivity contribution in [3.8, 4) is 0 Å². The fraction of sp³-hybridized carbons (Fsp3) is 0.750. The lowest BCUT2D eigenvalue weighted by Crippen LogP contribution is -2.62. The molecule has 0 aromatic carbocycles. The number of urea groups is 1. The molecular formula is C12H18N2O3. The first-order chi connectivity index (χ1) is 7.94. The lowest BCUT2D eigenvalue weighted by atomic mass is 9.95. The van der Waals surface area contributed by atoms with Gasteiger partial charge in [0.25, 0.3) is 0 Å². The molecule has 2 aliphatic rings. The molecule has 0 aromatic heterocycles. The summed E-state index contributed by atoms with van der Waals surface area (Å²) in [5.41, 5.74) is -0.920. The van der Waals surface area contributed by atoms with Crippen LogP contribution in [0.25, 0.3) is 0 Å². The van der Waals surface area contributed by atoms with E-state index in [-0.39, 0.29) is 17.9 Å². The zero-order valence-electron chi connectivity index (χ0n) is 10.4. The van der Waals surface area contributed by atoms with E-state index in [2.05, 4.69) is 5.32 Å². The van der Waals surface area contributed by atoms with Crippen molar-refractivity contribution in [2.75, 3.05) is 0 Å². The second-order valence-corrected chi connectivity index (χ2v) is 5.24. The van der Waals surface area contributed by atoms with Crippen LogP contribution < -0.4 is 5.32 Å². The number of carbonyl (C=O) groups excluding carboxylic acids is 3. The smallest absolute Gasteiger partial charge is 0.277 e. The number of imide groups is 2. The summed E-state index contributed by atoms with van der Waals surface area (Å²) in [6.45, 7) is 5.90. The molecule has 0 aromatic rings. The van der Waals surface area contributed by atoms with E-state index in [0.29, 0.717) is 19.3 Å². The van der Waals surface area contributed by atoms with Crippen molar-refractivity contribution in [1.29, 1.82) is 0 Å². The average Bonchev–Trinajstić information content (AvgIpc) is 3.02. The highest BCUT2D eigenvalue weighted by atomic mass is 16.2. The molecule has 5 heteroatoms. The fourth-order valence-electron chi connectivity index (χ4n) is 2.52. The lowest BCUT2D eigenvalue weighted by molar-refractivity contribution is -0.146. The van der Waals surface area contributed by atoms with Crippen LogP contribution >= 0.6 is 0 Å². The predicted molar refractivity (Wildman–Crippen MR) is 61.0 cm³/mol. The third kappa shape index (κ3) is 1.64. The van der Waals surface area contributed by atoms with Gasteiger partial charge < -0.3 is 0 Å². The first-order valence-electron chi connectivity index (χ1n) is 6.13. The number of hydrogen-bond donors (Lipinski definition) is 1.